The first-order valence-corrected chi connectivity index (χ1v) is 12.1. The Labute approximate surface area is 194 Å². The Morgan fingerprint density at radius 1 is 1.00 bits per heavy atom. The maximum absolute atomic E-state index is 13.2. The van der Waals surface area contributed by atoms with Gasteiger partial charge < -0.3 is 4.42 Å². The molecule has 5 rings (SSSR count). The first-order valence-electron chi connectivity index (χ1n) is 11.1. The molecule has 0 bridgehead atoms. The number of unbranched alkanes of at least 4 members (excludes halogenated alkanes) is 2. The Morgan fingerprint density at radius 3 is 2.70 bits per heavy atom. The number of nitrogens with zero attached hydrogens (tertiary/aromatic N) is 4. The van der Waals surface area contributed by atoms with Crippen LogP contribution in [0.15, 0.2) is 67.7 Å². The fraction of sp³-hybridized carbons (Fsp3) is 0.280. The summed E-state index contributed by atoms with van der Waals surface area (Å²) in [5.41, 5.74) is 2.87. The normalized spacial score (nSPS) is 11.7. The second-order valence-electron chi connectivity index (χ2n) is 8.18. The van der Waals surface area contributed by atoms with Gasteiger partial charge in [0, 0.05) is 23.8 Å². The van der Waals surface area contributed by atoms with E-state index in [1.165, 1.54) is 17.8 Å². The zero-order valence-electron chi connectivity index (χ0n) is 18.6. The van der Waals surface area contributed by atoms with Gasteiger partial charge in [-0.15, -0.1) is 10.2 Å². The van der Waals surface area contributed by atoms with Gasteiger partial charge in [0.15, 0.2) is 5.16 Å². The van der Waals surface area contributed by atoms with Crippen molar-refractivity contribution < 1.29 is 4.42 Å². The minimum atomic E-state index is -0.370. The Balaban J connectivity index is 1.60. The Morgan fingerprint density at radius 2 is 1.85 bits per heavy atom. The van der Waals surface area contributed by atoms with Crippen molar-refractivity contribution in [2.75, 3.05) is 0 Å². The molecular weight excluding hydrogens is 436 g/mol. The highest BCUT2D eigenvalue weighted by atomic mass is 32.2. The Bertz CT molecular complexity index is 1600. The van der Waals surface area contributed by atoms with E-state index in [9.17, 15) is 9.59 Å². The average Bonchev–Trinajstić information content (AvgIpc) is 3.23. The summed E-state index contributed by atoms with van der Waals surface area (Å²) in [4.78, 5) is 25.3. The molecule has 0 saturated heterocycles. The Kier molecular flexibility index (Phi) is 5.76. The molecule has 0 radical (unpaired) electrons. The quantitative estimate of drug-likeness (QED) is 0.194. The molecule has 5 aromatic rings. The maximum Gasteiger partial charge on any atom is 0.336 e. The van der Waals surface area contributed by atoms with E-state index in [0.717, 1.165) is 41.3 Å². The third-order valence-electron chi connectivity index (χ3n) is 5.81. The van der Waals surface area contributed by atoms with Crippen LogP contribution >= 0.6 is 11.8 Å². The van der Waals surface area contributed by atoms with Crippen molar-refractivity contribution in [1.82, 2.24) is 19.2 Å². The lowest BCUT2D eigenvalue weighted by Crippen LogP contribution is -2.23. The molecule has 3 aromatic heterocycles. The molecule has 0 unspecified atom stereocenters. The number of aryl methyl sites for hydroxylation is 2. The highest BCUT2D eigenvalue weighted by Crippen LogP contribution is 2.28. The van der Waals surface area contributed by atoms with Crippen molar-refractivity contribution in [2.45, 2.75) is 50.6 Å². The molecule has 8 heteroatoms. The predicted octanol–water partition coefficient (Wildman–Crippen LogP) is 4.94. The molecule has 0 aliphatic rings. The molecular formula is C25H24N4O3S. The fourth-order valence-corrected chi connectivity index (χ4v) is 5.08. The van der Waals surface area contributed by atoms with Crippen LogP contribution in [0.5, 0.6) is 0 Å². The molecule has 0 aliphatic carbocycles. The summed E-state index contributed by atoms with van der Waals surface area (Å²) in [6.07, 6.45) is 3.03. The molecule has 0 N–H and O–H groups in total. The molecule has 33 heavy (non-hydrogen) atoms. The molecule has 0 aliphatic heterocycles. The average molecular weight is 461 g/mol. The first kappa shape index (κ1) is 21.5. The van der Waals surface area contributed by atoms with E-state index < -0.39 is 0 Å². The zero-order valence-corrected chi connectivity index (χ0v) is 19.4. The molecule has 168 valence electrons. The van der Waals surface area contributed by atoms with Crippen LogP contribution in [0.1, 0.15) is 37.3 Å². The number of fused-ring (bicyclic) bond motifs is 4. The largest absolute Gasteiger partial charge is 0.423 e. The number of rotatable bonds is 7. The summed E-state index contributed by atoms with van der Waals surface area (Å²) in [5.74, 6) is 1.07. The molecule has 3 heterocycles. The summed E-state index contributed by atoms with van der Waals surface area (Å²) >= 11 is 1.49. The minimum Gasteiger partial charge on any atom is -0.423 e. The van der Waals surface area contributed by atoms with Gasteiger partial charge in [-0.1, -0.05) is 55.8 Å². The van der Waals surface area contributed by atoms with Gasteiger partial charge in [0.1, 0.15) is 5.58 Å². The van der Waals surface area contributed by atoms with Gasteiger partial charge in [-0.3, -0.25) is 13.8 Å². The SMILES string of the molecule is CCCCCn1c(=O)c2ccccc2n2c(SCc3cc(=O)oc4cc(C)ccc34)nnc12. The van der Waals surface area contributed by atoms with Crippen LogP contribution in [0, 0.1) is 6.92 Å². The van der Waals surface area contributed by atoms with Gasteiger partial charge in [0.2, 0.25) is 5.78 Å². The lowest BCUT2D eigenvalue weighted by atomic mass is 10.1. The topological polar surface area (TPSA) is 82.4 Å². The highest BCUT2D eigenvalue weighted by molar-refractivity contribution is 7.98. The van der Waals surface area contributed by atoms with Crippen molar-refractivity contribution in [3.63, 3.8) is 0 Å². The van der Waals surface area contributed by atoms with Crippen LogP contribution in [0.3, 0.4) is 0 Å². The minimum absolute atomic E-state index is 0.0415. The standard InChI is InChI=1S/C25H24N4O3S/c1-3-4-7-12-28-23(31)19-8-5-6-9-20(19)29-24(28)26-27-25(29)33-15-17-14-22(30)32-21-13-16(2)10-11-18(17)21/h5-6,8-11,13-14H,3-4,7,12,15H2,1-2H3. The third kappa shape index (κ3) is 3.95. The fourth-order valence-electron chi connectivity index (χ4n) is 4.15. The first-order chi connectivity index (χ1) is 16.1. The van der Waals surface area contributed by atoms with Crippen LogP contribution in [-0.2, 0) is 12.3 Å². The van der Waals surface area contributed by atoms with E-state index in [-0.39, 0.29) is 11.2 Å². The summed E-state index contributed by atoms with van der Waals surface area (Å²) in [6.45, 7) is 4.71. The summed E-state index contributed by atoms with van der Waals surface area (Å²) in [5, 5.41) is 11.0. The molecule has 0 spiro atoms. The number of hydrogen-bond acceptors (Lipinski definition) is 6. The number of hydrogen-bond donors (Lipinski definition) is 0. The number of benzene rings is 2. The number of aromatic nitrogens is 4. The molecule has 2 aromatic carbocycles. The smallest absolute Gasteiger partial charge is 0.336 e. The maximum atomic E-state index is 13.2. The van der Waals surface area contributed by atoms with Crippen molar-refractivity contribution in [2.24, 2.45) is 0 Å². The summed E-state index contributed by atoms with van der Waals surface area (Å²) in [6, 6.07) is 14.9. The number of thioether (sulfide) groups is 1. The van der Waals surface area contributed by atoms with Crippen LogP contribution in [0.2, 0.25) is 0 Å². The van der Waals surface area contributed by atoms with E-state index in [1.807, 2.05) is 53.8 Å². The van der Waals surface area contributed by atoms with Crippen LogP contribution in [-0.4, -0.2) is 19.2 Å². The lowest BCUT2D eigenvalue weighted by Gasteiger charge is -2.11. The van der Waals surface area contributed by atoms with Crippen LogP contribution < -0.4 is 11.2 Å². The van der Waals surface area contributed by atoms with Gasteiger partial charge in [0.05, 0.1) is 10.9 Å². The van der Waals surface area contributed by atoms with E-state index >= 15 is 0 Å². The van der Waals surface area contributed by atoms with Gasteiger partial charge in [-0.2, -0.15) is 0 Å². The van der Waals surface area contributed by atoms with Crippen LogP contribution in [0.25, 0.3) is 27.6 Å². The van der Waals surface area contributed by atoms with Gasteiger partial charge in [-0.05, 0) is 42.7 Å². The van der Waals surface area contributed by atoms with Crippen molar-refractivity contribution in [1.29, 1.82) is 0 Å². The molecule has 0 saturated carbocycles. The third-order valence-corrected chi connectivity index (χ3v) is 6.78. The highest BCUT2D eigenvalue weighted by Gasteiger charge is 2.17. The van der Waals surface area contributed by atoms with Crippen LogP contribution in [0.4, 0.5) is 0 Å². The van der Waals surface area contributed by atoms with Gasteiger partial charge in [0.25, 0.3) is 5.56 Å². The van der Waals surface area contributed by atoms with E-state index in [2.05, 4.69) is 17.1 Å². The van der Waals surface area contributed by atoms with Crippen molar-refractivity contribution in [3.05, 3.63) is 80.4 Å². The summed E-state index contributed by atoms with van der Waals surface area (Å²) < 4.78 is 9.06. The molecule has 0 amide bonds. The second-order valence-corrected chi connectivity index (χ2v) is 9.12. The van der Waals surface area contributed by atoms with E-state index in [1.54, 1.807) is 4.57 Å². The molecule has 7 nitrogen and oxygen atoms in total. The molecule has 0 atom stereocenters. The second kappa shape index (κ2) is 8.86. The number of para-hydroxylation sites is 1. The van der Waals surface area contributed by atoms with Crippen molar-refractivity contribution >= 4 is 39.4 Å². The lowest BCUT2D eigenvalue weighted by molar-refractivity contribution is 0.559. The van der Waals surface area contributed by atoms with Gasteiger partial charge >= 0.3 is 5.63 Å². The van der Waals surface area contributed by atoms with Gasteiger partial charge in [-0.25, -0.2) is 4.79 Å². The van der Waals surface area contributed by atoms with E-state index in [0.29, 0.717) is 34.2 Å². The zero-order chi connectivity index (χ0) is 22.9. The van der Waals surface area contributed by atoms with Crippen molar-refractivity contribution in [3.8, 4) is 0 Å². The summed E-state index contributed by atoms with van der Waals surface area (Å²) in [7, 11) is 0. The monoisotopic (exact) mass is 460 g/mol. The molecule has 0 fully saturated rings. The Hall–Kier alpha value is -3.39. The van der Waals surface area contributed by atoms with E-state index in [4.69, 9.17) is 4.42 Å². The predicted molar refractivity (Wildman–Crippen MR) is 131 cm³/mol.